The van der Waals surface area contributed by atoms with Gasteiger partial charge in [-0.1, -0.05) is 34.8 Å². The van der Waals surface area contributed by atoms with Crippen molar-refractivity contribution in [3.63, 3.8) is 0 Å². The number of hydrogen-bond acceptors (Lipinski definition) is 3. The van der Waals surface area contributed by atoms with Crippen molar-refractivity contribution in [2.45, 2.75) is 13.8 Å². The van der Waals surface area contributed by atoms with E-state index in [-0.39, 0.29) is 37.1 Å². The summed E-state index contributed by atoms with van der Waals surface area (Å²) in [4.78, 5) is 23.9. The maximum absolute atomic E-state index is 12.1. The highest BCUT2D eigenvalue weighted by atomic mass is 35.5. The molecule has 0 saturated carbocycles. The molecule has 5 nitrogen and oxygen atoms in total. The van der Waals surface area contributed by atoms with Gasteiger partial charge in [-0.3, -0.25) is 9.59 Å². The van der Waals surface area contributed by atoms with Crippen LogP contribution in [0.4, 0.5) is 0 Å². The zero-order chi connectivity index (χ0) is 20.0. The maximum Gasteiger partial charge on any atom is 0.258 e. The van der Waals surface area contributed by atoms with Gasteiger partial charge in [0.05, 0.1) is 10.6 Å². The third-order valence-corrected chi connectivity index (χ3v) is 4.85. The molecule has 0 radical (unpaired) electrons. The van der Waals surface area contributed by atoms with E-state index in [0.29, 0.717) is 20.8 Å². The van der Waals surface area contributed by atoms with Crippen molar-refractivity contribution in [2.24, 2.45) is 0 Å². The van der Waals surface area contributed by atoms with Crippen LogP contribution in [0.3, 0.4) is 0 Å². The van der Waals surface area contributed by atoms with Crippen LogP contribution in [0.5, 0.6) is 5.75 Å². The molecule has 2 aromatic carbocycles. The van der Waals surface area contributed by atoms with Gasteiger partial charge in [0, 0.05) is 23.1 Å². The predicted molar refractivity (Wildman–Crippen MR) is 108 cm³/mol. The second-order valence-corrected chi connectivity index (χ2v) is 7.11. The molecule has 0 spiro atoms. The van der Waals surface area contributed by atoms with E-state index in [1.807, 2.05) is 13.8 Å². The lowest BCUT2D eigenvalue weighted by Gasteiger charge is -2.11. The maximum atomic E-state index is 12.1. The molecule has 0 fully saturated rings. The molecule has 2 rings (SSSR count). The Morgan fingerprint density at radius 2 is 1.59 bits per heavy atom. The Morgan fingerprint density at radius 3 is 2.26 bits per heavy atom. The normalized spacial score (nSPS) is 10.4. The molecule has 2 amide bonds. The Morgan fingerprint density at radius 1 is 0.963 bits per heavy atom. The van der Waals surface area contributed by atoms with Crippen LogP contribution in [-0.4, -0.2) is 31.5 Å². The first-order chi connectivity index (χ1) is 12.8. The van der Waals surface area contributed by atoms with Gasteiger partial charge in [0.1, 0.15) is 5.75 Å². The number of carbonyl (C=O) groups is 2. The molecule has 0 aliphatic carbocycles. The molecule has 8 heteroatoms. The molecule has 0 aliphatic heterocycles. The Labute approximate surface area is 172 Å². The summed E-state index contributed by atoms with van der Waals surface area (Å²) < 4.78 is 5.47. The molecule has 0 aliphatic rings. The highest BCUT2D eigenvalue weighted by Crippen LogP contribution is 2.25. The summed E-state index contributed by atoms with van der Waals surface area (Å²) in [5.74, 6) is -0.0798. The highest BCUT2D eigenvalue weighted by molar-refractivity contribution is 6.35. The van der Waals surface area contributed by atoms with Gasteiger partial charge in [-0.15, -0.1) is 0 Å². The largest absolute Gasteiger partial charge is 0.484 e. The summed E-state index contributed by atoms with van der Waals surface area (Å²) in [6.07, 6.45) is 0. The molecule has 0 aromatic heterocycles. The zero-order valence-corrected chi connectivity index (χ0v) is 17.1. The topological polar surface area (TPSA) is 67.4 Å². The molecule has 0 heterocycles. The fourth-order valence-corrected chi connectivity index (χ4v) is 2.82. The zero-order valence-electron chi connectivity index (χ0n) is 14.9. The van der Waals surface area contributed by atoms with Gasteiger partial charge in [0.25, 0.3) is 11.8 Å². The van der Waals surface area contributed by atoms with Gasteiger partial charge in [0.15, 0.2) is 6.61 Å². The van der Waals surface area contributed by atoms with E-state index >= 15 is 0 Å². The van der Waals surface area contributed by atoms with Gasteiger partial charge >= 0.3 is 0 Å². The van der Waals surface area contributed by atoms with Crippen molar-refractivity contribution >= 4 is 46.6 Å². The fraction of sp³-hybridized carbons (Fsp3) is 0.263. The van der Waals surface area contributed by atoms with Crippen molar-refractivity contribution in [3.8, 4) is 5.75 Å². The lowest BCUT2D eigenvalue weighted by Crippen LogP contribution is -2.36. The minimum atomic E-state index is -0.361. The van der Waals surface area contributed by atoms with Gasteiger partial charge < -0.3 is 15.4 Å². The van der Waals surface area contributed by atoms with Crippen molar-refractivity contribution in [1.82, 2.24) is 10.6 Å². The van der Waals surface area contributed by atoms with Crippen LogP contribution in [0.25, 0.3) is 0 Å². The Balaban J connectivity index is 1.73. The van der Waals surface area contributed by atoms with E-state index in [9.17, 15) is 9.59 Å². The molecule has 0 saturated heterocycles. The monoisotopic (exact) mass is 428 g/mol. The standard InChI is InChI=1S/C19H19Cl3N2O3/c1-11-7-14(8-12(2)18(11)22)27-10-17(25)23-5-6-24-19(26)15-9-13(20)3-4-16(15)21/h3-4,7-9H,5-6,10H2,1-2H3,(H,23,25)(H,24,26). The minimum absolute atomic E-state index is 0.130. The third kappa shape index (κ3) is 6.31. The lowest BCUT2D eigenvalue weighted by atomic mass is 10.1. The molecule has 0 unspecified atom stereocenters. The van der Waals surface area contributed by atoms with Crippen LogP contribution in [0.2, 0.25) is 15.1 Å². The number of ether oxygens (including phenoxy) is 1. The molecule has 0 atom stereocenters. The fourth-order valence-electron chi connectivity index (χ4n) is 2.33. The van der Waals surface area contributed by atoms with E-state index in [1.54, 1.807) is 24.3 Å². The molecule has 2 N–H and O–H groups in total. The van der Waals surface area contributed by atoms with E-state index in [4.69, 9.17) is 39.5 Å². The summed E-state index contributed by atoms with van der Waals surface area (Å²) in [5, 5.41) is 6.74. The number of amides is 2. The van der Waals surface area contributed by atoms with Gasteiger partial charge in [-0.05, 0) is 55.3 Å². The summed E-state index contributed by atoms with van der Waals surface area (Å²) >= 11 is 17.9. The number of hydrogen-bond donors (Lipinski definition) is 2. The molecule has 144 valence electrons. The van der Waals surface area contributed by atoms with Crippen molar-refractivity contribution < 1.29 is 14.3 Å². The number of rotatable bonds is 7. The van der Waals surface area contributed by atoms with Gasteiger partial charge in [0.2, 0.25) is 0 Å². The van der Waals surface area contributed by atoms with E-state index in [1.165, 1.54) is 6.07 Å². The van der Waals surface area contributed by atoms with Crippen LogP contribution in [-0.2, 0) is 4.79 Å². The first-order valence-corrected chi connectivity index (χ1v) is 9.31. The van der Waals surface area contributed by atoms with Crippen LogP contribution in [0.15, 0.2) is 30.3 Å². The Kier molecular flexibility index (Phi) is 7.78. The van der Waals surface area contributed by atoms with Crippen LogP contribution >= 0.6 is 34.8 Å². The Hall–Kier alpha value is -1.95. The third-order valence-electron chi connectivity index (χ3n) is 3.69. The number of nitrogens with one attached hydrogen (secondary N) is 2. The van der Waals surface area contributed by atoms with E-state index in [2.05, 4.69) is 10.6 Å². The van der Waals surface area contributed by atoms with Crippen molar-refractivity contribution in [1.29, 1.82) is 0 Å². The molecule has 2 aromatic rings. The molecule has 0 bridgehead atoms. The molecular weight excluding hydrogens is 411 g/mol. The van der Waals surface area contributed by atoms with Crippen LogP contribution in [0.1, 0.15) is 21.5 Å². The number of halogens is 3. The van der Waals surface area contributed by atoms with Crippen LogP contribution in [0, 0.1) is 13.8 Å². The van der Waals surface area contributed by atoms with E-state index in [0.717, 1.165) is 11.1 Å². The summed E-state index contributed by atoms with van der Waals surface area (Å²) in [7, 11) is 0. The van der Waals surface area contributed by atoms with Gasteiger partial charge in [-0.25, -0.2) is 0 Å². The first-order valence-electron chi connectivity index (χ1n) is 8.17. The smallest absolute Gasteiger partial charge is 0.258 e. The second-order valence-electron chi connectivity index (χ2n) is 5.89. The average Bonchev–Trinajstić information content (AvgIpc) is 2.63. The van der Waals surface area contributed by atoms with Crippen LogP contribution < -0.4 is 15.4 Å². The quantitative estimate of drug-likeness (QED) is 0.649. The summed E-state index contributed by atoms with van der Waals surface area (Å²) in [5.41, 5.74) is 2.05. The SMILES string of the molecule is Cc1cc(OCC(=O)NCCNC(=O)c2cc(Cl)ccc2Cl)cc(C)c1Cl. The Bertz CT molecular complexity index is 833. The van der Waals surface area contributed by atoms with Gasteiger partial charge in [-0.2, -0.15) is 0 Å². The highest BCUT2D eigenvalue weighted by Gasteiger charge is 2.11. The number of benzene rings is 2. The minimum Gasteiger partial charge on any atom is -0.484 e. The number of aryl methyl sites for hydroxylation is 2. The van der Waals surface area contributed by atoms with Crippen molar-refractivity contribution in [2.75, 3.05) is 19.7 Å². The first kappa shape index (κ1) is 21.4. The number of carbonyl (C=O) groups excluding carboxylic acids is 2. The lowest BCUT2D eigenvalue weighted by molar-refractivity contribution is -0.123. The molecule has 27 heavy (non-hydrogen) atoms. The van der Waals surface area contributed by atoms with Crippen molar-refractivity contribution in [3.05, 3.63) is 62.1 Å². The average molecular weight is 430 g/mol. The van der Waals surface area contributed by atoms with E-state index < -0.39 is 0 Å². The molecular formula is C19H19Cl3N2O3. The summed E-state index contributed by atoms with van der Waals surface area (Å²) in [6, 6.07) is 8.19. The summed E-state index contributed by atoms with van der Waals surface area (Å²) in [6.45, 7) is 4.11. The second kappa shape index (κ2) is 9.83. The predicted octanol–water partition coefficient (Wildman–Crippen LogP) is 4.19.